The van der Waals surface area contributed by atoms with Gasteiger partial charge >= 0.3 is 6.18 Å². The van der Waals surface area contributed by atoms with E-state index in [9.17, 15) is 18.0 Å². The summed E-state index contributed by atoms with van der Waals surface area (Å²) >= 11 is 0. The van der Waals surface area contributed by atoms with Gasteiger partial charge in [-0.05, 0) is 18.9 Å². The summed E-state index contributed by atoms with van der Waals surface area (Å²) in [6.45, 7) is 1.80. The van der Waals surface area contributed by atoms with Crippen LogP contribution in [0.1, 0.15) is 11.1 Å². The van der Waals surface area contributed by atoms with E-state index in [4.69, 9.17) is 0 Å². The monoisotopic (exact) mass is 216 g/mol. The highest BCUT2D eigenvalue weighted by Crippen LogP contribution is 2.27. The second-order valence-corrected chi connectivity index (χ2v) is 3.48. The molecule has 0 N–H and O–H groups in total. The minimum absolute atomic E-state index is 0.0394. The van der Waals surface area contributed by atoms with E-state index in [0.717, 1.165) is 5.56 Å². The van der Waals surface area contributed by atoms with Gasteiger partial charge in [0.2, 0.25) is 0 Å². The van der Waals surface area contributed by atoms with Gasteiger partial charge in [-0.1, -0.05) is 29.8 Å². The summed E-state index contributed by atoms with van der Waals surface area (Å²) in [5.74, 6) is -1.90. The van der Waals surface area contributed by atoms with E-state index < -0.39 is 12.1 Å². The van der Waals surface area contributed by atoms with Gasteiger partial charge in [-0.15, -0.1) is 0 Å². The summed E-state index contributed by atoms with van der Waals surface area (Å²) in [6, 6.07) is 6.73. The molecule has 0 saturated carbocycles. The molecule has 1 rings (SSSR count). The number of halogens is 3. The van der Waals surface area contributed by atoms with Crippen LogP contribution in [0.25, 0.3) is 0 Å². The first-order valence-corrected chi connectivity index (χ1v) is 4.51. The van der Waals surface area contributed by atoms with Crippen LogP contribution in [0, 0.1) is 12.8 Å². The van der Waals surface area contributed by atoms with Crippen LogP contribution in [0.3, 0.4) is 0 Å². The lowest BCUT2D eigenvalue weighted by Crippen LogP contribution is -2.26. The molecule has 0 heterocycles. The Bertz CT molecular complexity index is 344. The van der Waals surface area contributed by atoms with Gasteiger partial charge in [-0.2, -0.15) is 13.2 Å². The first kappa shape index (κ1) is 11.8. The van der Waals surface area contributed by atoms with Crippen molar-refractivity contribution in [2.24, 2.45) is 5.92 Å². The Morgan fingerprint density at radius 3 is 2.53 bits per heavy atom. The van der Waals surface area contributed by atoms with Gasteiger partial charge in [-0.25, -0.2) is 0 Å². The molecule has 0 aliphatic carbocycles. The zero-order chi connectivity index (χ0) is 11.5. The van der Waals surface area contributed by atoms with Gasteiger partial charge in [0.25, 0.3) is 0 Å². The third-order valence-electron chi connectivity index (χ3n) is 2.12. The fraction of sp³-hybridized carbons (Fsp3) is 0.364. The normalized spacial score (nSPS) is 13.6. The van der Waals surface area contributed by atoms with Crippen molar-refractivity contribution in [3.8, 4) is 0 Å². The maximum Gasteiger partial charge on any atom is 0.398 e. The number of benzene rings is 1. The number of alkyl halides is 3. The number of aryl methyl sites for hydroxylation is 1. The molecule has 0 amide bonds. The van der Waals surface area contributed by atoms with Crippen LogP contribution in [0.15, 0.2) is 24.3 Å². The summed E-state index contributed by atoms with van der Waals surface area (Å²) in [4.78, 5) is 10.3. The number of aldehydes is 1. The van der Waals surface area contributed by atoms with Gasteiger partial charge in [-0.3, -0.25) is 0 Å². The number of hydrogen-bond acceptors (Lipinski definition) is 1. The first-order chi connectivity index (χ1) is 6.93. The van der Waals surface area contributed by atoms with E-state index in [1.54, 1.807) is 31.2 Å². The van der Waals surface area contributed by atoms with Crippen LogP contribution in [-0.2, 0) is 11.2 Å². The molecule has 1 atom stereocenters. The maximum absolute atomic E-state index is 12.3. The molecule has 15 heavy (non-hydrogen) atoms. The van der Waals surface area contributed by atoms with Crippen molar-refractivity contribution in [2.45, 2.75) is 19.5 Å². The number of carbonyl (C=O) groups excluding carboxylic acids is 1. The van der Waals surface area contributed by atoms with Crippen LogP contribution in [-0.4, -0.2) is 12.5 Å². The van der Waals surface area contributed by atoms with Crippen LogP contribution in [0.4, 0.5) is 13.2 Å². The standard InChI is InChI=1S/C11H11F3O/c1-8-3-2-4-9(5-8)6-10(7-15)11(12,13)14/h2-5,7,10H,6H2,1H3. The average molecular weight is 216 g/mol. The summed E-state index contributed by atoms with van der Waals surface area (Å²) < 4.78 is 36.8. The molecule has 1 nitrogen and oxygen atoms in total. The van der Waals surface area contributed by atoms with Crippen LogP contribution < -0.4 is 0 Å². The van der Waals surface area contributed by atoms with Crippen LogP contribution >= 0.6 is 0 Å². The Morgan fingerprint density at radius 1 is 1.40 bits per heavy atom. The van der Waals surface area contributed by atoms with Crippen molar-refractivity contribution in [1.82, 2.24) is 0 Å². The van der Waals surface area contributed by atoms with Gasteiger partial charge < -0.3 is 4.79 Å². The van der Waals surface area contributed by atoms with E-state index in [1.807, 2.05) is 0 Å². The van der Waals surface area contributed by atoms with Gasteiger partial charge in [0, 0.05) is 0 Å². The summed E-state index contributed by atoms with van der Waals surface area (Å²) in [5.41, 5.74) is 1.42. The highest BCUT2D eigenvalue weighted by atomic mass is 19.4. The molecule has 82 valence electrons. The molecule has 0 aliphatic heterocycles. The van der Waals surface area contributed by atoms with Gasteiger partial charge in [0.15, 0.2) is 0 Å². The lowest BCUT2D eigenvalue weighted by molar-refractivity contribution is -0.174. The molecule has 1 aromatic rings. The molecule has 0 saturated heterocycles. The summed E-state index contributed by atoms with van der Waals surface area (Å²) in [7, 11) is 0. The minimum Gasteiger partial charge on any atom is -0.303 e. The van der Waals surface area contributed by atoms with Crippen molar-refractivity contribution < 1.29 is 18.0 Å². The minimum atomic E-state index is -4.45. The van der Waals surface area contributed by atoms with E-state index in [0.29, 0.717) is 5.56 Å². The van der Waals surface area contributed by atoms with E-state index in [-0.39, 0.29) is 12.7 Å². The number of carbonyl (C=O) groups is 1. The van der Waals surface area contributed by atoms with Crippen molar-refractivity contribution in [2.75, 3.05) is 0 Å². The molecule has 0 bridgehead atoms. The average Bonchev–Trinajstić information content (AvgIpc) is 2.12. The third kappa shape index (κ3) is 3.38. The summed E-state index contributed by atoms with van der Waals surface area (Å²) in [5, 5.41) is 0. The maximum atomic E-state index is 12.3. The second kappa shape index (κ2) is 4.47. The van der Waals surface area contributed by atoms with Crippen molar-refractivity contribution in [3.63, 3.8) is 0 Å². The molecule has 1 aromatic carbocycles. The molecule has 0 aromatic heterocycles. The quantitative estimate of drug-likeness (QED) is 0.710. The van der Waals surface area contributed by atoms with E-state index in [2.05, 4.69) is 0 Å². The Kier molecular flexibility index (Phi) is 3.50. The van der Waals surface area contributed by atoms with Crippen molar-refractivity contribution in [1.29, 1.82) is 0 Å². The summed E-state index contributed by atoms with van der Waals surface area (Å²) in [6.07, 6.45) is -4.78. The Labute approximate surface area is 85.9 Å². The topological polar surface area (TPSA) is 17.1 Å². The lowest BCUT2D eigenvalue weighted by atomic mass is 9.99. The zero-order valence-corrected chi connectivity index (χ0v) is 8.21. The highest BCUT2D eigenvalue weighted by molar-refractivity contribution is 5.55. The lowest BCUT2D eigenvalue weighted by Gasteiger charge is -2.14. The number of rotatable bonds is 3. The van der Waals surface area contributed by atoms with Crippen LogP contribution in [0.2, 0.25) is 0 Å². The molecular formula is C11H11F3O. The van der Waals surface area contributed by atoms with Crippen LogP contribution in [0.5, 0.6) is 0 Å². The zero-order valence-electron chi connectivity index (χ0n) is 8.21. The molecule has 0 radical (unpaired) electrons. The predicted octanol–water partition coefficient (Wildman–Crippen LogP) is 2.91. The van der Waals surface area contributed by atoms with Crippen molar-refractivity contribution in [3.05, 3.63) is 35.4 Å². The fourth-order valence-corrected chi connectivity index (χ4v) is 1.33. The molecule has 0 spiro atoms. The third-order valence-corrected chi connectivity index (χ3v) is 2.12. The smallest absolute Gasteiger partial charge is 0.303 e. The fourth-order valence-electron chi connectivity index (χ4n) is 1.33. The SMILES string of the molecule is Cc1cccc(CC(C=O)C(F)(F)F)c1. The van der Waals surface area contributed by atoms with E-state index >= 15 is 0 Å². The highest BCUT2D eigenvalue weighted by Gasteiger charge is 2.39. The largest absolute Gasteiger partial charge is 0.398 e. The Hall–Kier alpha value is -1.32. The van der Waals surface area contributed by atoms with Crippen molar-refractivity contribution >= 4 is 6.29 Å². The predicted molar refractivity (Wildman–Crippen MR) is 50.5 cm³/mol. The molecule has 0 fully saturated rings. The van der Waals surface area contributed by atoms with Gasteiger partial charge in [0.05, 0.1) is 0 Å². The Morgan fingerprint density at radius 2 is 2.07 bits per heavy atom. The molecule has 1 unspecified atom stereocenters. The molecule has 0 aliphatic rings. The number of hydrogen-bond donors (Lipinski definition) is 0. The van der Waals surface area contributed by atoms with Gasteiger partial charge in [0.1, 0.15) is 12.2 Å². The van der Waals surface area contributed by atoms with E-state index in [1.165, 1.54) is 0 Å². The first-order valence-electron chi connectivity index (χ1n) is 4.51. The second-order valence-electron chi connectivity index (χ2n) is 3.48. The Balaban J connectivity index is 2.80. The molecular weight excluding hydrogens is 205 g/mol. The molecule has 4 heteroatoms.